The number of nitrogens with zero attached hydrogens (tertiary/aromatic N) is 2. The molecule has 12 nitrogen and oxygen atoms in total. The molecule has 0 radical (unpaired) electrons. The number of rotatable bonds is 8. The van der Waals surface area contributed by atoms with Gasteiger partial charge in [-0.2, -0.15) is 4.31 Å². The first kappa shape index (κ1) is 31.4. The van der Waals surface area contributed by atoms with E-state index in [0.29, 0.717) is 27.9 Å². The van der Waals surface area contributed by atoms with E-state index in [9.17, 15) is 23.1 Å². The molecule has 0 unspecified atom stereocenters. The number of amides is 3. The van der Waals surface area contributed by atoms with Crippen molar-refractivity contribution in [3.05, 3.63) is 71.2 Å². The molecule has 3 aromatic rings. The Balaban J connectivity index is 1.38. The lowest BCUT2D eigenvalue weighted by molar-refractivity contribution is 0.0387. The summed E-state index contributed by atoms with van der Waals surface area (Å²) in [5, 5.41) is 15.8. The van der Waals surface area contributed by atoms with E-state index in [2.05, 4.69) is 10.6 Å². The van der Waals surface area contributed by atoms with Crippen LogP contribution in [-0.2, 0) is 10.0 Å². The summed E-state index contributed by atoms with van der Waals surface area (Å²) >= 11 is 5.94. The number of hydrogen-bond donors (Lipinski definition) is 3. The van der Waals surface area contributed by atoms with Gasteiger partial charge >= 0.3 is 6.03 Å². The second-order valence-electron chi connectivity index (χ2n) is 10.7. The zero-order valence-electron chi connectivity index (χ0n) is 24.3. The number of likely N-dealkylation sites (N-methyl/N-ethyl adjacent to an activating group) is 1. The molecule has 0 bridgehead atoms. The predicted molar refractivity (Wildman–Crippen MR) is 164 cm³/mol. The van der Waals surface area contributed by atoms with Crippen molar-refractivity contribution in [1.82, 2.24) is 9.21 Å². The number of aliphatic hydroxyl groups is 1. The van der Waals surface area contributed by atoms with Crippen molar-refractivity contribution in [2.24, 2.45) is 5.92 Å². The minimum Gasteiger partial charge on any atom is -0.488 e. The first-order chi connectivity index (χ1) is 21.0. The van der Waals surface area contributed by atoms with E-state index in [1.165, 1.54) is 46.6 Å². The van der Waals surface area contributed by atoms with Gasteiger partial charge in [0.1, 0.15) is 11.9 Å². The standard InChI is InChI=1S/C30H33ClN4O8S/c1-18-14-35(19(2)16-36)29(37)24-12-21(32-30(38)33-22-7-11-26-27(13-22)42-17-41-26)6-10-25(24)43-28(18)15-34(3)44(39,40)23-8-4-20(31)5-9-23/h4-13,18-19,28,36H,14-17H2,1-3H3,(H2,32,33,38)/t18-,19+,28-/m1/s1. The molecule has 3 atom stereocenters. The highest BCUT2D eigenvalue weighted by molar-refractivity contribution is 7.89. The van der Waals surface area contributed by atoms with Gasteiger partial charge in [0.15, 0.2) is 11.5 Å². The van der Waals surface area contributed by atoms with Crippen LogP contribution in [0.15, 0.2) is 65.6 Å². The molecule has 5 rings (SSSR count). The Morgan fingerprint density at radius 1 is 1.05 bits per heavy atom. The maximum absolute atomic E-state index is 13.7. The van der Waals surface area contributed by atoms with Gasteiger partial charge in [0.2, 0.25) is 16.8 Å². The third-order valence-electron chi connectivity index (χ3n) is 7.51. The Bertz CT molecular complexity index is 1650. The van der Waals surface area contributed by atoms with Gasteiger partial charge in [-0.25, -0.2) is 13.2 Å². The third-order valence-corrected chi connectivity index (χ3v) is 9.60. The Hall–Kier alpha value is -4.04. The van der Waals surface area contributed by atoms with Gasteiger partial charge in [-0.1, -0.05) is 18.5 Å². The molecular weight excluding hydrogens is 612 g/mol. The van der Waals surface area contributed by atoms with E-state index in [-0.39, 0.29) is 48.6 Å². The third kappa shape index (κ3) is 6.70. The van der Waals surface area contributed by atoms with Crippen LogP contribution in [0.3, 0.4) is 0 Å². The second kappa shape index (κ2) is 12.9. The second-order valence-corrected chi connectivity index (χ2v) is 13.2. The molecule has 14 heteroatoms. The Kier molecular flexibility index (Phi) is 9.20. The number of carbonyl (C=O) groups excluding carboxylic acids is 2. The predicted octanol–water partition coefficient (Wildman–Crippen LogP) is 4.25. The van der Waals surface area contributed by atoms with E-state index in [1.807, 2.05) is 6.92 Å². The quantitative estimate of drug-likeness (QED) is 0.330. The average Bonchev–Trinajstić information content (AvgIpc) is 3.47. The molecule has 0 aromatic heterocycles. The van der Waals surface area contributed by atoms with Crippen LogP contribution in [0.2, 0.25) is 5.02 Å². The molecule has 3 aromatic carbocycles. The number of halogens is 1. The number of anilines is 2. The van der Waals surface area contributed by atoms with Gasteiger partial charge < -0.3 is 34.9 Å². The number of urea groups is 1. The molecule has 3 amide bonds. The lowest BCUT2D eigenvalue weighted by atomic mass is 9.99. The summed E-state index contributed by atoms with van der Waals surface area (Å²) in [6.45, 7) is 3.59. The first-order valence-corrected chi connectivity index (χ1v) is 15.7. The fourth-order valence-corrected chi connectivity index (χ4v) is 6.23. The molecule has 0 saturated carbocycles. The number of aliphatic hydroxyl groups excluding tert-OH is 1. The van der Waals surface area contributed by atoms with Crippen molar-refractivity contribution in [2.45, 2.75) is 30.9 Å². The van der Waals surface area contributed by atoms with E-state index in [0.717, 1.165) is 0 Å². The average molecular weight is 645 g/mol. The Morgan fingerprint density at radius 3 is 2.36 bits per heavy atom. The summed E-state index contributed by atoms with van der Waals surface area (Å²) in [4.78, 5) is 28.2. The number of nitrogens with one attached hydrogen (secondary N) is 2. The van der Waals surface area contributed by atoms with E-state index < -0.39 is 34.1 Å². The zero-order valence-corrected chi connectivity index (χ0v) is 25.9. The molecule has 2 aliphatic rings. The number of carbonyl (C=O) groups is 2. The first-order valence-electron chi connectivity index (χ1n) is 13.9. The van der Waals surface area contributed by atoms with E-state index in [1.54, 1.807) is 37.3 Å². The summed E-state index contributed by atoms with van der Waals surface area (Å²) in [5.74, 6) is 0.614. The molecule has 3 N–H and O–H groups in total. The van der Waals surface area contributed by atoms with E-state index in [4.69, 9.17) is 25.8 Å². The topological polar surface area (TPSA) is 147 Å². The van der Waals surface area contributed by atoms with Crippen molar-refractivity contribution < 1.29 is 37.3 Å². The van der Waals surface area contributed by atoms with Crippen molar-refractivity contribution in [2.75, 3.05) is 44.2 Å². The molecule has 0 fully saturated rings. The maximum atomic E-state index is 13.7. The summed E-state index contributed by atoms with van der Waals surface area (Å²) in [6, 6.07) is 14.4. The number of ether oxygens (including phenoxy) is 3. The monoisotopic (exact) mass is 644 g/mol. The summed E-state index contributed by atoms with van der Waals surface area (Å²) in [6.07, 6.45) is -0.657. The molecular formula is C30H33ClN4O8S. The number of fused-ring (bicyclic) bond motifs is 2. The number of sulfonamides is 1. The molecule has 2 aliphatic heterocycles. The highest BCUT2D eigenvalue weighted by Crippen LogP contribution is 2.35. The minimum atomic E-state index is -3.87. The fourth-order valence-electron chi connectivity index (χ4n) is 4.92. The summed E-state index contributed by atoms with van der Waals surface area (Å²) in [5.41, 5.74) is 0.962. The highest BCUT2D eigenvalue weighted by Gasteiger charge is 2.35. The van der Waals surface area contributed by atoms with Crippen LogP contribution in [0.5, 0.6) is 17.2 Å². The van der Waals surface area contributed by atoms with Gasteiger partial charge in [0.05, 0.1) is 29.7 Å². The van der Waals surface area contributed by atoms with Crippen molar-refractivity contribution in [3.8, 4) is 17.2 Å². The number of benzene rings is 3. The smallest absolute Gasteiger partial charge is 0.323 e. The van der Waals surface area contributed by atoms with Crippen LogP contribution in [0.1, 0.15) is 24.2 Å². The fraction of sp³-hybridized carbons (Fsp3) is 0.333. The van der Waals surface area contributed by atoms with Crippen LogP contribution in [0.4, 0.5) is 16.2 Å². The summed E-state index contributed by atoms with van der Waals surface area (Å²) < 4.78 is 44.8. The van der Waals surface area contributed by atoms with Crippen molar-refractivity contribution in [1.29, 1.82) is 0 Å². The normalized spacial score (nSPS) is 18.6. The van der Waals surface area contributed by atoms with Gasteiger partial charge in [-0.05, 0) is 61.5 Å². The highest BCUT2D eigenvalue weighted by atomic mass is 35.5. The van der Waals surface area contributed by atoms with Crippen LogP contribution in [-0.4, -0.2) is 80.4 Å². The van der Waals surface area contributed by atoms with Gasteiger partial charge in [0, 0.05) is 42.0 Å². The van der Waals surface area contributed by atoms with Crippen molar-refractivity contribution >= 4 is 44.9 Å². The Labute approximate surface area is 260 Å². The molecule has 44 heavy (non-hydrogen) atoms. The molecule has 0 aliphatic carbocycles. The zero-order chi connectivity index (χ0) is 31.6. The molecule has 2 heterocycles. The van der Waals surface area contributed by atoms with Crippen molar-refractivity contribution in [3.63, 3.8) is 0 Å². The number of hydrogen-bond acceptors (Lipinski definition) is 8. The Morgan fingerprint density at radius 2 is 1.68 bits per heavy atom. The molecule has 234 valence electrons. The van der Waals surface area contributed by atoms with Crippen LogP contribution in [0.25, 0.3) is 0 Å². The van der Waals surface area contributed by atoms with Crippen LogP contribution in [0, 0.1) is 5.92 Å². The van der Waals surface area contributed by atoms with Gasteiger partial charge in [-0.15, -0.1) is 0 Å². The summed E-state index contributed by atoms with van der Waals surface area (Å²) in [7, 11) is -2.40. The minimum absolute atomic E-state index is 0.0148. The van der Waals surface area contributed by atoms with Crippen LogP contribution >= 0.6 is 11.6 Å². The lowest BCUT2D eigenvalue weighted by Gasteiger charge is -2.38. The van der Waals surface area contributed by atoms with Gasteiger partial charge in [-0.3, -0.25) is 4.79 Å². The SMILES string of the molecule is C[C@@H]1CN([C@@H](C)CO)C(=O)c2cc(NC(=O)Nc3ccc4c(c3)OCO4)ccc2O[C@@H]1CN(C)S(=O)(=O)c1ccc(Cl)cc1. The van der Waals surface area contributed by atoms with Crippen LogP contribution < -0.4 is 24.8 Å². The van der Waals surface area contributed by atoms with Gasteiger partial charge in [0.25, 0.3) is 5.91 Å². The lowest BCUT2D eigenvalue weighted by Crippen LogP contribution is -2.50. The van der Waals surface area contributed by atoms with E-state index >= 15 is 0 Å². The molecule has 0 saturated heterocycles. The molecule has 0 spiro atoms. The maximum Gasteiger partial charge on any atom is 0.323 e. The largest absolute Gasteiger partial charge is 0.488 e.